The van der Waals surface area contributed by atoms with Gasteiger partial charge in [-0.15, -0.1) is 20.4 Å². The zero-order valence-corrected chi connectivity index (χ0v) is 13.7. The van der Waals surface area contributed by atoms with E-state index in [0.717, 1.165) is 0 Å². The second-order valence-corrected chi connectivity index (χ2v) is 5.95. The fraction of sp³-hybridized carbons (Fsp3) is 0.0769. The molecule has 0 aliphatic heterocycles. The van der Waals surface area contributed by atoms with Crippen molar-refractivity contribution in [1.82, 2.24) is 20.4 Å². The number of halogens is 1. The summed E-state index contributed by atoms with van der Waals surface area (Å²) in [6.45, 7) is 0. The molecule has 4 aromatic heterocycles. The van der Waals surface area contributed by atoms with Crippen molar-refractivity contribution >= 4 is 27.7 Å². The Morgan fingerprint density at radius 2 is 1.78 bits per heavy atom. The number of hydrogen-bond acceptors (Lipinski definition) is 9. The van der Waals surface area contributed by atoms with Gasteiger partial charge in [0.25, 0.3) is 17.0 Å². The van der Waals surface area contributed by atoms with E-state index in [1.165, 1.54) is 11.8 Å². The smallest absolute Gasteiger partial charge is 0.284 e. The van der Waals surface area contributed by atoms with Gasteiger partial charge >= 0.3 is 0 Å². The van der Waals surface area contributed by atoms with Crippen LogP contribution < -0.4 is 0 Å². The first-order valence-corrected chi connectivity index (χ1v) is 8.14. The average Bonchev–Trinajstić information content (AvgIpc) is 3.31. The first-order valence-electron chi connectivity index (χ1n) is 6.36. The van der Waals surface area contributed by atoms with Crippen molar-refractivity contribution in [3.05, 3.63) is 41.1 Å². The molecule has 0 unspecified atom stereocenters. The molecule has 0 aliphatic carbocycles. The summed E-state index contributed by atoms with van der Waals surface area (Å²) in [4.78, 5) is 0. The maximum atomic E-state index is 5.52. The summed E-state index contributed by atoms with van der Waals surface area (Å²) in [7, 11) is 0. The highest BCUT2D eigenvalue weighted by molar-refractivity contribution is 9.10. The van der Waals surface area contributed by atoms with E-state index >= 15 is 0 Å². The Morgan fingerprint density at radius 1 is 0.913 bits per heavy atom. The van der Waals surface area contributed by atoms with Crippen LogP contribution in [-0.4, -0.2) is 20.4 Å². The molecule has 4 aromatic rings. The van der Waals surface area contributed by atoms with Crippen molar-refractivity contribution in [2.24, 2.45) is 0 Å². The molecule has 4 rings (SSSR count). The molecule has 116 valence electrons. The van der Waals surface area contributed by atoms with Crippen LogP contribution in [0.5, 0.6) is 0 Å². The van der Waals surface area contributed by atoms with E-state index in [0.29, 0.717) is 44.8 Å². The van der Waals surface area contributed by atoms with E-state index in [1.54, 1.807) is 30.5 Å². The molecule has 0 atom stereocenters. The highest BCUT2D eigenvalue weighted by Gasteiger charge is 2.15. The summed E-state index contributed by atoms with van der Waals surface area (Å²) < 4.78 is 22.1. The number of nitrogens with zero attached hydrogens (tertiary/aromatic N) is 4. The van der Waals surface area contributed by atoms with Gasteiger partial charge in [-0.05, 0) is 40.2 Å². The minimum Gasteiger partial charge on any atom is -0.459 e. The molecule has 0 amide bonds. The summed E-state index contributed by atoms with van der Waals surface area (Å²) in [6.07, 6.45) is 1.54. The van der Waals surface area contributed by atoms with Gasteiger partial charge in [0.15, 0.2) is 16.2 Å². The predicted molar refractivity (Wildman–Crippen MR) is 81.3 cm³/mol. The Labute approximate surface area is 141 Å². The Hall–Kier alpha value is -2.33. The normalized spacial score (nSPS) is 11.2. The Kier molecular flexibility index (Phi) is 3.75. The topological polar surface area (TPSA) is 104 Å². The molecule has 10 heteroatoms. The molecule has 23 heavy (non-hydrogen) atoms. The number of thioether (sulfide) groups is 1. The number of hydrogen-bond donors (Lipinski definition) is 0. The lowest BCUT2D eigenvalue weighted by Crippen LogP contribution is -1.80. The van der Waals surface area contributed by atoms with Gasteiger partial charge in [0.1, 0.15) is 0 Å². The minimum atomic E-state index is 0.313. The third-order valence-corrected chi connectivity index (χ3v) is 3.94. The van der Waals surface area contributed by atoms with E-state index < -0.39 is 0 Å². The molecule has 4 heterocycles. The third kappa shape index (κ3) is 3.08. The van der Waals surface area contributed by atoms with E-state index in [4.69, 9.17) is 17.7 Å². The van der Waals surface area contributed by atoms with Crippen LogP contribution in [0.25, 0.3) is 23.3 Å². The van der Waals surface area contributed by atoms with Crippen LogP contribution in [0, 0.1) is 0 Å². The van der Waals surface area contributed by atoms with Crippen LogP contribution in [0.15, 0.2) is 58.1 Å². The highest BCUT2D eigenvalue weighted by atomic mass is 79.9. The molecule has 0 fully saturated rings. The third-order valence-electron chi connectivity index (χ3n) is 2.71. The maximum absolute atomic E-state index is 5.52. The quantitative estimate of drug-likeness (QED) is 0.463. The van der Waals surface area contributed by atoms with Crippen molar-refractivity contribution in [1.29, 1.82) is 0 Å². The number of aromatic nitrogens is 4. The molecule has 0 aromatic carbocycles. The minimum absolute atomic E-state index is 0.313. The molecule has 0 saturated heterocycles. The molecule has 8 nitrogen and oxygen atoms in total. The average molecular weight is 395 g/mol. The van der Waals surface area contributed by atoms with E-state index in [2.05, 4.69) is 36.3 Å². The van der Waals surface area contributed by atoms with Gasteiger partial charge in [-0.25, -0.2) is 0 Å². The van der Waals surface area contributed by atoms with Crippen LogP contribution in [0.1, 0.15) is 5.89 Å². The standard InChI is InChI=1S/C13H7BrN4O4S/c14-9-4-3-8(20-9)12-16-15-10(21-12)6-23-13-18-17-11(22-13)7-2-1-5-19-7/h1-5H,6H2. The second kappa shape index (κ2) is 6.05. The molecular weight excluding hydrogens is 388 g/mol. The van der Waals surface area contributed by atoms with Gasteiger partial charge in [-0.2, -0.15) is 0 Å². The number of furan rings is 2. The van der Waals surface area contributed by atoms with Gasteiger partial charge in [0.05, 0.1) is 12.0 Å². The van der Waals surface area contributed by atoms with Crippen LogP contribution in [-0.2, 0) is 5.75 Å². The van der Waals surface area contributed by atoms with Crippen LogP contribution in [0.2, 0.25) is 0 Å². The molecule has 0 N–H and O–H groups in total. The summed E-state index contributed by atoms with van der Waals surface area (Å²) in [6, 6.07) is 6.98. The maximum Gasteiger partial charge on any atom is 0.284 e. The lowest BCUT2D eigenvalue weighted by molar-refractivity contribution is 0.446. The molecule has 0 aliphatic rings. The molecule has 0 radical (unpaired) electrons. The largest absolute Gasteiger partial charge is 0.459 e. The van der Waals surface area contributed by atoms with E-state index in [1.807, 2.05) is 0 Å². The van der Waals surface area contributed by atoms with Gasteiger partial charge in [0.2, 0.25) is 5.89 Å². The number of rotatable bonds is 5. The lowest BCUT2D eigenvalue weighted by atomic mass is 10.5. The van der Waals surface area contributed by atoms with Gasteiger partial charge in [-0.1, -0.05) is 11.8 Å². The first kappa shape index (κ1) is 14.3. The highest BCUT2D eigenvalue weighted by Crippen LogP contribution is 2.28. The zero-order chi connectivity index (χ0) is 15.6. The zero-order valence-electron chi connectivity index (χ0n) is 11.3. The monoisotopic (exact) mass is 394 g/mol. The molecule has 0 bridgehead atoms. The lowest BCUT2D eigenvalue weighted by Gasteiger charge is -1.90. The van der Waals surface area contributed by atoms with Gasteiger partial charge in [-0.3, -0.25) is 0 Å². The van der Waals surface area contributed by atoms with Crippen LogP contribution in [0.4, 0.5) is 0 Å². The summed E-state index contributed by atoms with van der Waals surface area (Å²) in [5.41, 5.74) is 0. The van der Waals surface area contributed by atoms with Crippen molar-refractivity contribution in [3.63, 3.8) is 0 Å². The van der Waals surface area contributed by atoms with Crippen molar-refractivity contribution in [2.45, 2.75) is 11.0 Å². The molecule has 0 saturated carbocycles. The van der Waals surface area contributed by atoms with E-state index in [-0.39, 0.29) is 0 Å². The predicted octanol–water partition coefficient (Wildman–Crippen LogP) is 4.03. The Morgan fingerprint density at radius 3 is 2.57 bits per heavy atom. The Balaban J connectivity index is 1.42. The van der Waals surface area contributed by atoms with Gasteiger partial charge in [0, 0.05) is 0 Å². The summed E-state index contributed by atoms with van der Waals surface area (Å²) >= 11 is 4.51. The SMILES string of the molecule is Brc1ccc(-c2nnc(CSc3nnc(-c4ccco4)o3)o2)o1. The van der Waals surface area contributed by atoms with Crippen LogP contribution >= 0.6 is 27.7 Å². The molecular formula is C13H7BrN4O4S. The first-order chi connectivity index (χ1) is 11.3. The Bertz CT molecular complexity index is 914. The second-order valence-electron chi connectivity index (χ2n) is 4.24. The van der Waals surface area contributed by atoms with Crippen LogP contribution in [0.3, 0.4) is 0 Å². The molecule has 0 spiro atoms. The van der Waals surface area contributed by atoms with Crippen molar-refractivity contribution in [3.8, 4) is 23.3 Å². The van der Waals surface area contributed by atoms with Crippen molar-refractivity contribution in [2.75, 3.05) is 0 Å². The summed E-state index contributed by atoms with van der Waals surface area (Å²) in [5.74, 6) is 2.48. The summed E-state index contributed by atoms with van der Waals surface area (Å²) in [5, 5.41) is 16.1. The van der Waals surface area contributed by atoms with Gasteiger partial charge < -0.3 is 17.7 Å². The fourth-order valence-corrected chi connectivity index (χ4v) is 2.64. The van der Waals surface area contributed by atoms with E-state index in [9.17, 15) is 0 Å². The fourth-order valence-electron chi connectivity index (χ4n) is 1.73. The van der Waals surface area contributed by atoms with Crippen molar-refractivity contribution < 1.29 is 17.7 Å².